The van der Waals surface area contributed by atoms with Crippen molar-refractivity contribution >= 4 is 15.9 Å². The SMILES string of the molecule is COc1cc(Br)ccc1C(O)CC#N. The van der Waals surface area contributed by atoms with E-state index in [1.54, 1.807) is 18.2 Å². The smallest absolute Gasteiger partial charge is 0.125 e. The molecule has 74 valence electrons. The van der Waals surface area contributed by atoms with E-state index < -0.39 is 6.10 Å². The number of rotatable bonds is 3. The van der Waals surface area contributed by atoms with Crippen LogP contribution >= 0.6 is 15.9 Å². The second-order valence-corrected chi connectivity index (χ2v) is 3.68. The van der Waals surface area contributed by atoms with Crippen LogP contribution in [0.4, 0.5) is 0 Å². The van der Waals surface area contributed by atoms with E-state index in [1.807, 2.05) is 6.07 Å². The van der Waals surface area contributed by atoms with Gasteiger partial charge in [0.2, 0.25) is 0 Å². The summed E-state index contributed by atoms with van der Waals surface area (Å²) in [5.41, 5.74) is 0.636. The third kappa shape index (κ3) is 2.47. The summed E-state index contributed by atoms with van der Waals surface area (Å²) < 4.78 is 5.97. The van der Waals surface area contributed by atoms with E-state index in [2.05, 4.69) is 15.9 Å². The Bertz CT molecular complexity index is 360. The second-order valence-electron chi connectivity index (χ2n) is 2.76. The largest absolute Gasteiger partial charge is 0.496 e. The Hall–Kier alpha value is -1.05. The van der Waals surface area contributed by atoms with Crippen molar-refractivity contribution in [2.45, 2.75) is 12.5 Å². The number of ether oxygens (including phenoxy) is 1. The molecule has 0 saturated heterocycles. The molecule has 1 rings (SSSR count). The van der Waals surface area contributed by atoms with Crippen LogP contribution < -0.4 is 4.74 Å². The van der Waals surface area contributed by atoms with Gasteiger partial charge >= 0.3 is 0 Å². The summed E-state index contributed by atoms with van der Waals surface area (Å²) in [5.74, 6) is 0.585. The molecule has 14 heavy (non-hydrogen) atoms. The van der Waals surface area contributed by atoms with Gasteiger partial charge in [-0.3, -0.25) is 0 Å². The van der Waals surface area contributed by atoms with E-state index in [0.29, 0.717) is 11.3 Å². The molecule has 0 spiro atoms. The lowest BCUT2D eigenvalue weighted by Crippen LogP contribution is -1.99. The fraction of sp³-hybridized carbons (Fsp3) is 0.300. The topological polar surface area (TPSA) is 53.2 Å². The number of nitriles is 1. The minimum absolute atomic E-state index is 0.0675. The van der Waals surface area contributed by atoms with Crippen molar-refractivity contribution in [3.63, 3.8) is 0 Å². The number of hydrogen-bond acceptors (Lipinski definition) is 3. The maximum atomic E-state index is 9.61. The van der Waals surface area contributed by atoms with Crippen LogP contribution in [0.1, 0.15) is 18.1 Å². The van der Waals surface area contributed by atoms with Crippen LogP contribution in [0.3, 0.4) is 0 Å². The van der Waals surface area contributed by atoms with E-state index >= 15 is 0 Å². The highest BCUT2D eigenvalue weighted by Gasteiger charge is 2.12. The first-order chi connectivity index (χ1) is 6.69. The molecule has 0 bridgehead atoms. The lowest BCUT2D eigenvalue weighted by Gasteiger charge is -2.12. The Labute approximate surface area is 91.1 Å². The Morgan fingerprint density at radius 3 is 2.93 bits per heavy atom. The first-order valence-corrected chi connectivity index (χ1v) is 4.86. The molecule has 1 aromatic carbocycles. The maximum absolute atomic E-state index is 9.61. The van der Waals surface area contributed by atoms with Crippen LogP contribution in [0.25, 0.3) is 0 Å². The molecule has 0 aliphatic rings. The van der Waals surface area contributed by atoms with Crippen LogP contribution in [-0.2, 0) is 0 Å². The van der Waals surface area contributed by atoms with E-state index in [0.717, 1.165) is 4.47 Å². The lowest BCUT2D eigenvalue weighted by atomic mass is 10.1. The molecule has 1 atom stereocenters. The normalized spacial score (nSPS) is 11.9. The summed E-state index contributed by atoms with van der Waals surface area (Å²) in [6.07, 6.45) is -0.721. The van der Waals surface area contributed by atoms with Crippen LogP contribution in [0.15, 0.2) is 22.7 Å². The molecule has 0 aromatic heterocycles. The van der Waals surface area contributed by atoms with Crippen LogP contribution in [0.5, 0.6) is 5.75 Å². The number of aliphatic hydroxyl groups excluding tert-OH is 1. The third-order valence-corrected chi connectivity index (χ3v) is 2.33. The number of nitrogens with zero attached hydrogens (tertiary/aromatic N) is 1. The van der Waals surface area contributed by atoms with Gasteiger partial charge in [-0.25, -0.2) is 0 Å². The molecular weight excluding hydrogens is 246 g/mol. The van der Waals surface area contributed by atoms with Gasteiger partial charge < -0.3 is 9.84 Å². The zero-order valence-electron chi connectivity index (χ0n) is 7.70. The summed E-state index contributed by atoms with van der Waals surface area (Å²) in [4.78, 5) is 0. The molecule has 0 heterocycles. The number of benzene rings is 1. The van der Waals surface area contributed by atoms with Crippen molar-refractivity contribution in [1.29, 1.82) is 5.26 Å². The van der Waals surface area contributed by atoms with Crippen LogP contribution in [-0.4, -0.2) is 12.2 Å². The monoisotopic (exact) mass is 255 g/mol. The highest BCUT2D eigenvalue weighted by molar-refractivity contribution is 9.10. The quantitative estimate of drug-likeness (QED) is 0.903. The summed E-state index contributed by atoms with van der Waals surface area (Å²) in [6, 6.07) is 7.22. The van der Waals surface area contributed by atoms with Crippen LogP contribution in [0.2, 0.25) is 0 Å². The van der Waals surface area contributed by atoms with E-state index in [1.165, 1.54) is 7.11 Å². The maximum Gasteiger partial charge on any atom is 0.125 e. The molecule has 1 N–H and O–H groups in total. The molecule has 1 unspecified atom stereocenters. The molecular formula is C10H10BrNO2. The van der Waals surface area contributed by atoms with Gasteiger partial charge in [-0.1, -0.05) is 22.0 Å². The average Bonchev–Trinajstić information content (AvgIpc) is 2.17. The second kappa shape index (κ2) is 4.99. The van der Waals surface area contributed by atoms with Gasteiger partial charge in [0, 0.05) is 10.0 Å². The Morgan fingerprint density at radius 1 is 1.64 bits per heavy atom. The van der Waals surface area contributed by atoms with Crippen LogP contribution in [0, 0.1) is 11.3 Å². The fourth-order valence-electron chi connectivity index (χ4n) is 1.16. The summed E-state index contributed by atoms with van der Waals surface area (Å²) in [7, 11) is 1.53. The van der Waals surface area contributed by atoms with Crippen molar-refractivity contribution in [3.05, 3.63) is 28.2 Å². The zero-order valence-corrected chi connectivity index (χ0v) is 9.28. The molecule has 3 nitrogen and oxygen atoms in total. The van der Waals surface area contributed by atoms with Gasteiger partial charge in [0.25, 0.3) is 0 Å². The minimum Gasteiger partial charge on any atom is -0.496 e. The first-order valence-electron chi connectivity index (χ1n) is 4.07. The number of methoxy groups -OCH3 is 1. The van der Waals surface area contributed by atoms with Crippen molar-refractivity contribution in [2.24, 2.45) is 0 Å². The minimum atomic E-state index is -0.789. The number of hydrogen-bond donors (Lipinski definition) is 1. The van der Waals surface area contributed by atoms with E-state index in [-0.39, 0.29) is 6.42 Å². The van der Waals surface area contributed by atoms with Gasteiger partial charge in [0.15, 0.2) is 0 Å². The average molecular weight is 256 g/mol. The fourth-order valence-corrected chi connectivity index (χ4v) is 1.50. The van der Waals surface area contributed by atoms with E-state index in [4.69, 9.17) is 10.00 Å². The number of aliphatic hydroxyl groups is 1. The molecule has 0 aliphatic carbocycles. The van der Waals surface area contributed by atoms with E-state index in [9.17, 15) is 5.11 Å². The Morgan fingerprint density at radius 2 is 2.36 bits per heavy atom. The van der Waals surface area contributed by atoms with Gasteiger partial charge in [0.05, 0.1) is 25.7 Å². The first kappa shape index (κ1) is 11.0. The molecule has 0 fully saturated rings. The van der Waals surface area contributed by atoms with Gasteiger partial charge in [-0.15, -0.1) is 0 Å². The molecule has 0 aliphatic heterocycles. The Kier molecular flexibility index (Phi) is 3.93. The number of halogens is 1. The van der Waals surface area contributed by atoms with Crippen molar-refractivity contribution in [3.8, 4) is 11.8 Å². The molecule has 0 radical (unpaired) electrons. The van der Waals surface area contributed by atoms with Gasteiger partial charge in [-0.2, -0.15) is 5.26 Å². The van der Waals surface area contributed by atoms with Gasteiger partial charge in [0.1, 0.15) is 5.75 Å². The molecule has 4 heteroatoms. The van der Waals surface area contributed by atoms with Crippen molar-refractivity contribution in [2.75, 3.05) is 7.11 Å². The molecule has 1 aromatic rings. The lowest BCUT2D eigenvalue weighted by molar-refractivity contribution is 0.179. The van der Waals surface area contributed by atoms with Crippen molar-refractivity contribution in [1.82, 2.24) is 0 Å². The highest BCUT2D eigenvalue weighted by Crippen LogP contribution is 2.29. The van der Waals surface area contributed by atoms with Gasteiger partial charge in [-0.05, 0) is 12.1 Å². The third-order valence-electron chi connectivity index (χ3n) is 1.84. The highest BCUT2D eigenvalue weighted by atomic mass is 79.9. The predicted octanol–water partition coefficient (Wildman–Crippen LogP) is 2.40. The summed E-state index contributed by atoms with van der Waals surface area (Å²) in [5, 5.41) is 18.1. The zero-order chi connectivity index (χ0) is 10.6. The standard InChI is InChI=1S/C10H10BrNO2/c1-14-10-6-7(11)2-3-8(10)9(13)4-5-12/h2-3,6,9,13H,4H2,1H3. The van der Waals surface area contributed by atoms with Crippen molar-refractivity contribution < 1.29 is 9.84 Å². The summed E-state index contributed by atoms with van der Waals surface area (Å²) in [6.45, 7) is 0. The molecule has 0 amide bonds. The summed E-state index contributed by atoms with van der Waals surface area (Å²) >= 11 is 3.30. The predicted molar refractivity (Wildman–Crippen MR) is 55.9 cm³/mol. The Balaban J connectivity index is 3.02. The molecule has 0 saturated carbocycles.